The molecule has 0 spiro atoms. The highest BCUT2D eigenvalue weighted by molar-refractivity contribution is 7.21. The minimum Gasteiger partial charge on any atom is -0.457 e. The molecule has 2 aromatic heterocycles. The standard InChI is InChI=1S/C33H34N6O4S/c1-20-19-24(43-23-7-4-3-5-8-23)14-15-25(20)39-26-16-18-35-32-28(26)29(38-33(39)42)30(44-32)31(41)37-22-12-10-21(11-13-22)36-27(40)9-6-17-34-2/h3-9,14-16,18-19,21-22,34H,10-13,17H2,1-2H3,(H,36,40)(H,37,41)(H,38,42)/b9-6+. The van der Waals surface area contributed by atoms with Crippen LogP contribution in [-0.4, -0.2) is 48.5 Å². The Bertz CT molecular complexity index is 1730. The van der Waals surface area contributed by atoms with Gasteiger partial charge in [0.1, 0.15) is 21.2 Å². The molecule has 3 heterocycles. The van der Waals surface area contributed by atoms with Crippen molar-refractivity contribution < 1.29 is 19.1 Å². The second-order valence-electron chi connectivity index (χ2n) is 10.9. The van der Waals surface area contributed by atoms with Gasteiger partial charge in [-0.3, -0.25) is 14.5 Å². The van der Waals surface area contributed by atoms with Gasteiger partial charge < -0.3 is 26.0 Å². The summed E-state index contributed by atoms with van der Waals surface area (Å²) >= 11 is 1.27. The van der Waals surface area contributed by atoms with E-state index in [4.69, 9.17) is 4.74 Å². The summed E-state index contributed by atoms with van der Waals surface area (Å²) in [5.41, 5.74) is 2.72. The second-order valence-corrected chi connectivity index (χ2v) is 11.9. The van der Waals surface area contributed by atoms with Gasteiger partial charge in [0.2, 0.25) is 5.91 Å². The summed E-state index contributed by atoms with van der Waals surface area (Å²) in [6.45, 7) is 2.57. The molecule has 4 aromatic rings. The molecule has 1 fully saturated rings. The number of carbonyl (C=O) groups is 3. The number of rotatable bonds is 9. The van der Waals surface area contributed by atoms with Gasteiger partial charge in [0, 0.05) is 30.9 Å². The van der Waals surface area contributed by atoms with Gasteiger partial charge in [0.05, 0.1) is 22.4 Å². The number of nitrogens with one attached hydrogen (secondary N) is 4. The van der Waals surface area contributed by atoms with E-state index in [1.54, 1.807) is 29.3 Å². The van der Waals surface area contributed by atoms with Crippen molar-refractivity contribution in [2.75, 3.05) is 23.8 Å². The monoisotopic (exact) mass is 610 g/mol. The molecule has 0 atom stereocenters. The lowest BCUT2D eigenvalue weighted by molar-refractivity contribution is -0.117. The maximum atomic E-state index is 13.6. The number of carbonyl (C=O) groups excluding carboxylic acids is 3. The average molecular weight is 611 g/mol. The Balaban J connectivity index is 1.17. The van der Waals surface area contributed by atoms with Crippen molar-refractivity contribution in [3.63, 3.8) is 0 Å². The highest BCUT2D eigenvalue weighted by Crippen LogP contribution is 2.46. The molecular formula is C33H34N6O4S. The van der Waals surface area contributed by atoms with Crippen LogP contribution in [0.1, 0.15) is 40.9 Å². The molecule has 4 amide bonds. The van der Waals surface area contributed by atoms with Crippen LogP contribution in [0.5, 0.6) is 11.5 Å². The van der Waals surface area contributed by atoms with Crippen LogP contribution in [0, 0.1) is 6.92 Å². The van der Waals surface area contributed by atoms with Crippen molar-refractivity contribution in [3.05, 3.63) is 83.4 Å². The third-order valence-corrected chi connectivity index (χ3v) is 8.94. The predicted octanol–water partition coefficient (Wildman–Crippen LogP) is 6.01. The van der Waals surface area contributed by atoms with E-state index < -0.39 is 0 Å². The first kappa shape index (κ1) is 29.3. The quantitative estimate of drug-likeness (QED) is 0.172. The third kappa shape index (κ3) is 6.15. The number of hydrogen-bond acceptors (Lipinski definition) is 7. The van der Waals surface area contributed by atoms with Crippen molar-refractivity contribution in [1.82, 2.24) is 20.9 Å². The number of aromatic nitrogens is 1. The largest absolute Gasteiger partial charge is 0.457 e. The summed E-state index contributed by atoms with van der Waals surface area (Å²) in [7, 11) is 1.83. The van der Waals surface area contributed by atoms with Gasteiger partial charge >= 0.3 is 6.03 Å². The first-order valence-electron chi connectivity index (χ1n) is 14.7. The van der Waals surface area contributed by atoms with Crippen LogP contribution in [0.25, 0.3) is 10.2 Å². The lowest BCUT2D eigenvalue weighted by Gasteiger charge is -2.30. The van der Waals surface area contributed by atoms with Gasteiger partial charge in [-0.1, -0.05) is 24.3 Å². The van der Waals surface area contributed by atoms with E-state index in [0.717, 1.165) is 42.4 Å². The molecule has 10 nitrogen and oxygen atoms in total. The number of para-hydroxylation sites is 1. The van der Waals surface area contributed by atoms with Gasteiger partial charge in [-0.2, -0.15) is 0 Å². The molecule has 1 aliphatic carbocycles. The molecule has 2 aliphatic rings. The fourth-order valence-electron chi connectivity index (χ4n) is 5.72. The minimum atomic E-state index is -0.350. The number of aryl methyl sites for hydroxylation is 1. The summed E-state index contributed by atoms with van der Waals surface area (Å²) in [6, 6.07) is 16.6. The molecule has 0 saturated heterocycles. The Morgan fingerprint density at radius 3 is 2.50 bits per heavy atom. The van der Waals surface area contributed by atoms with Gasteiger partial charge in [-0.25, -0.2) is 9.78 Å². The maximum absolute atomic E-state index is 13.6. The Morgan fingerprint density at radius 2 is 1.77 bits per heavy atom. The lowest BCUT2D eigenvalue weighted by Crippen LogP contribution is -2.43. The molecular weight excluding hydrogens is 576 g/mol. The smallest absolute Gasteiger partial charge is 0.331 e. The van der Waals surface area contributed by atoms with Crippen LogP contribution in [0.3, 0.4) is 0 Å². The predicted molar refractivity (Wildman–Crippen MR) is 173 cm³/mol. The molecule has 0 unspecified atom stereocenters. The highest BCUT2D eigenvalue weighted by Gasteiger charge is 2.34. The zero-order valence-electron chi connectivity index (χ0n) is 24.6. The fourth-order valence-corrected chi connectivity index (χ4v) is 6.74. The number of nitrogens with zero attached hydrogens (tertiary/aromatic N) is 2. The van der Waals surface area contributed by atoms with Gasteiger partial charge in [0.15, 0.2) is 0 Å². The lowest BCUT2D eigenvalue weighted by atomic mass is 9.91. The maximum Gasteiger partial charge on any atom is 0.331 e. The Labute approximate surface area is 259 Å². The summed E-state index contributed by atoms with van der Waals surface area (Å²) < 4.78 is 5.98. The number of anilines is 3. The van der Waals surface area contributed by atoms with Crippen LogP contribution in [-0.2, 0) is 4.79 Å². The topological polar surface area (TPSA) is 125 Å². The summed E-state index contributed by atoms with van der Waals surface area (Å²) in [6.07, 6.45) is 8.07. The van der Waals surface area contributed by atoms with E-state index in [9.17, 15) is 14.4 Å². The Morgan fingerprint density at radius 1 is 1.02 bits per heavy atom. The molecule has 11 heteroatoms. The molecule has 4 N–H and O–H groups in total. The number of pyridine rings is 1. The molecule has 1 aliphatic heterocycles. The molecule has 2 aromatic carbocycles. The Kier molecular flexibility index (Phi) is 8.58. The zero-order valence-corrected chi connectivity index (χ0v) is 25.4. The minimum absolute atomic E-state index is 0.0182. The van der Waals surface area contributed by atoms with Gasteiger partial charge in [0.25, 0.3) is 5.91 Å². The summed E-state index contributed by atoms with van der Waals surface area (Å²) in [5.74, 6) is 1.07. The molecule has 226 valence electrons. The van der Waals surface area contributed by atoms with Crippen molar-refractivity contribution in [2.24, 2.45) is 0 Å². The first-order chi connectivity index (χ1) is 21.4. The molecule has 0 radical (unpaired) electrons. The van der Waals surface area contributed by atoms with Crippen LogP contribution < -0.4 is 30.9 Å². The van der Waals surface area contributed by atoms with Gasteiger partial charge in [-0.05, 0) is 81.6 Å². The average Bonchev–Trinajstić information content (AvgIpc) is 3.39. The van der Waals surface area contributed by atoms with E-state index >= 15 is 0 Å². The summed E-state index contributed by atoms with van der Waals surface area (Å²) in [4.78, 5) is 46.5. The number of urea groups is 1. The third-order valence-electron chi connectivity index (χ3n) is 7.84. The SMILES string of the molecule is CNC/C=C/C(=O)NC1CCC(NC(=O)c2sc3nccc4c3c2NC(=O)N4c2ccc(Oc3ccccc3)cc2C)CC1. The fraction of sp³-hybridized carbons (Fsp3) is 0.273. The number of likely N-dealkylation sites (N-methyl/N-ethyl adjacent to an activating group) is 1. The second kappa shape index (κ2) is 12.9. The number of hydrogen-bond donors (Lipinski definition) is 4. The molecule has 1 saturated carbocycles. The number of ether oxygens (including phenoxy) is 1. The van der Waals surface area contributed by atoms with E-state index in [0.29, 0.717) is 39.1 Å². The number of thiophene rings is 1. The zero-order chi connectivity index (χ0) is 30.6. The van der Waals surface area contributed by atoms with E-state index in [1.165, 1.54) is 11.3 Å². The van der Waals surface area contributed by atoms with Gasteiger partial charge in [-0.15, -0.1) is 11.3 Å². The van der Waals surface area contributed by atoms with Crippen molar-refractivity contribution in [3.8, 4) is 11.5 Å². The van der Waals surface area contributed by atoms with Crippen molar-refractivity contribution in [2.45, 2.75) is 44.7 Å². The summed E-state index contributed by atoms with van der Waals surface area (Å²) in [5, 5.41) is 12.9. The van der Waals surface area contributed by atoms with E-state index in [-0.39, 0.29) is 29.9 Å². The van der Waals surface area contributed by atoms with Crippen LogP contribution in [0.4, 0.5) is 21.9 Å². The number of amides is 4. The van der Waals surface area contributed by atoms with E-state index in [2.05, 4.69) is 26.3 Å². The van der Waals surface area contributed by atoms with Crippen LogP contribution in [0.2, 0.25) is 0 Å². The van der Waals surface area contributed by atoms with Crippen LogP contribution >= 0.6 is 11.3 Å². The normalized spacial score (nSPS) is 17.9. The molecule has 0 bridgehead atoms. The molecule has 44 heavy (non-hydrogen) atoms. The Hall–Kier alpha value is -4.74. The first-order valence-corrected chi connectivity index (χ1v) is 15.5. The van der Waals surface area contributed by atoms with Crippen LogP contribution in [0.15, 0.2) is 72.9 Å². The highest BCUT2D eigenvalue weighted by atomic mass is 32.1. The molecule has 6 rings (SSSR count). The van der Waals surface area contributed by atoms with E-state index in [1.807, 2.05) is 62.5 Å². The number of benzene rings is 2. The van der Waals surface area contributed by atoms with Crippen molar-refractivity contribution in [1.29, 1.82) is 0 Å². The van der Waals surface area contributed by atoms with Crippen molar-refractivity contribution >= 4 is 56.5 Å².